The quantitative estimate of drug-likeness (QED) is 0.703. The minimum absolute atomic E-state index is 0.104. The minimum Gasteiger partial charge on any atom is -0.393 e. The molecule has 1 fully saturated rings. The number of carbonyl (C=O) groups excluding carboxylic acids is 1. The standard InChI is InChI=1S/C12H22N2O2S/c1-2-3-7-14(8-6-11(13)17)12(15)10-5-4-9-16-10/h10H,2-9H2,1H3,(H2,13,17). The van der Waals surface area contributed by atoms with E-state index in [0.717, 1.165) is 32.2 Å². The fourth-order valence-electron chi connectivity index (χ4n) is 1.90. The Morgan fingerprint density at radius 3 is 2.82 bits per heavy atom. The second-order valence-electron chi connectivity index (χ2n) is 4.40. The van der Waals surface area contributed by atoms with Gasteiger partial charge in [-0.15, -0.1) is 0 Å². The Labute approximate surface area is 108 Å². The second kappa shape index (κ2) is 7.61. The van der Waals surface area contributed by atoms with Crippen molar-refractivity contribution in [3.05, 3.63) is 0 Å². The molecule has 1 rings (SSSR count). The Balaban J connectivity index is 2.47. The van der Waals surface area contributed by atoms with Crippen molar-refractivity contribution in [2.75, 3.05) is 19.7 Å². The molecule has 2 N–H and O–H groups in total. The van der Waals surface area contributed by atoms with Crippen molar-refractivity contribution < 1.29 is 9.53 Å². The molecule has 1 saturated heterocycles. The van der Waals surface area contributed by atoms with E-state index in [1.165, 1.54) is 0 Å². The van der Waals surface area contributed by atoms with Gasteiger partial charge in [0.05, 0.1) is 4.99 Å². The molecule has 0 bridgehead atoms. The van der Waals surface area contributed by atoms with Crippen molar-refractivity contribution in [2.24, 2.45) is 5.73 Å². The molecule has 1 atom stereocenters. The fraction of sp³-hybridized carbons (Fsp3) is 0.833. The average molecular weight is 258 g/mol. The zero-order valence-corrected chi connectivity index (χ0v) is 11.3. The summed E-state index contributed by atoms with van der Waals surface area (Å²) in [7, 11) is 0. The van der Waals surface area contributed by atoms with Gasteiger partial charge >= 0.3 is 0 Å². The van der Waals surface area contributed by atoms with Crippen LogP contribution in [0.1, 0.15) is 39.0 Å². The predicted molar refractivity (Wildman–Crippen MR) is 71.9 cm³/mol. The van der Waals surface area contributed by atoms with Crippen LogP contribution < -0.4 is 5.73 Å². The molecule has 98 valence electrons. The van der Waals surface area contributed by atoms with Crippen molar-refractivity contribution in [3.8, 4) is 0 Å². The van der Waals surface area contributed by atoms with Crippen LogP contribution in [0.2, 0.25) is 0 Å². The first kappa shape index (κ1) is 14.4. The van der Waals surface area contributed by atoms with Crippen LogP contribution in [0.25, 0.3) is 0 Å². The maximum atomic E-state index is 12.2. The van der Waals surface area contributed by atoms with Crippen molar-refractivity contribution in [3.63, 3.8) is 0 Å². The summed E-state index contributed by atoms with van der Waals surface area (Å²) in [6.07, 6.45) is 4.26. The van der Waals surface area contributed by atoms with E-state index in [1.54, 1.807) is 0 Å². The minimum atomic E-state index is -0.238. The summed E-state index contributed by atoms with van der Waals surface area (Å²) in [6, 6.07) is 0. The van der Waals surface area contributed by atoms with Crippen LogP contribution in [0.4, 0.5) is 0 Å². The van der Waals surface area contributed by atoms with Crippen LogP contribution in [0.15, 0.2) is 0 Å². The Bertz CT molecular complexity index is 265. The Morgan fingerprint density at radius 1 is 1.53 bits per heavy atom. The van der Waals surface area contributed by atoms with Crippen LogP contribution >= 0.6 is 12.2 Å². The first-order valence-corrected chi connectivity index (χ1v) is 6.74. The molecule has 0 aromatic heterocycles. The molecule has 1 amide bonds. The fourth-order valence-corrected chi connectivity index (χ4v) is 1.99. The highest BCUT2D eigenvalue weighted by molar-refractivity contribution is 7.80. The molecular formula is C12H22N2O2S. The molecule has 0 aliphatic carbocycles. The highest BCUT2D eigenvalue weighted by Crippen LogP contribution is 2.15. The maximum Gasteiger partial charge on any atom is 0.251 e. The van der Waals surface area contributed by atoms with E-state index in [-0.39, 0.29) is 12.0 Å². The number of nitrogens with zero attached hydrogens (tertiary/aromatic N) is 1. The number of unbranched alkanes of at least 4 members (excludes halogenated alkanes) is 1. The lowest BCUT2D eigenvalue weighted by Gasteiger charge is -2.25. The summed E-state index contributed by atoms with van der Waals surface area (Å²) in [6.45, 7) is 4.21. The van der Waals surface area contributed by atoms with Gasteiger partial charge in [0.2, 0.25) is 0 Å². The summed E-state index contributed by atoms with van der Waals surface area (Å²) in [4.78, 5) is 14.5. The molecule has 0 aromatic rings. The van der Waals surface area contributed by atoms with Gasteiger partial charge in [-0.25, -0.2) is 0 Å². The highest BCUT2D eigenvalue weighted by atomic mass is 32.1. The van der Waals surface area contributed by atoms with Crippen LogP contribution in [0.5, 0.6) is 0 Å². The van der Waals surface area contributed by atoms with E-state index in [0.29, 0.717) is 24.6 Å². The zero-order valence-electron chi connectivity index (χ0n) is 10.5. The van der Waals surface area contributed by atoms with Gasteiger partial charge in [0.15, 0.2) is 0 Å². The number of ether oxygens (including phenoxy) is 1. The SMILES string of the molecule is CCCCN(CCC(N)=S)C(=O)C1CCCO1. The van der Waals surface area contributed by atoms with Crippen molar-refractivity contribution in [2.45, 2.75) is 45.1 Å². The van der Waals surface area contributed by atoms with E-state index >= 15 is 0 Å². The Morgan fingerprint density at radius 2 is 2.29 bits per heavy atom. The van der Waals surface area contributed by atoms with Gasteiger partial charge in [0.25, 0.3) is 5.91 Å². The number of hydrogen-bond donors (Lipinski definition) is 1. The number of amides is 1. The number of hydrogen-bond acceptors (Lipinski definition) is 3. The largest absolute Gasteiger partial charge is 0.393 e. The van der Waals surface area contributed by atoms with Gasteiger partial charge in [0, 0.05) is 26.1 Å². The molecule has 4 nitrogen and oxygen atoms in total. The average Bonchev–Trinajstić information content (AvgIpc) is 2.81. The van der Waals surface area contributed by atoms with Gasteiger partial charge < -0.3 is 15.4 Å². The first-order valence-electron chi connectivity index (χ1n) is 6.33. The summed E-state index contributed by atoms with van der Waals surface area (Å²) in [5.41, 5.74) is 5.49. The zero-order chi connectivity index (χ0) is 12.7. The van der Waals surface area contributed by atoms with E-state index in [4.69, 9.17) is 22.7 Å². The molecule has 1 aliphatic heterocycles. The third-order valence-electron chi connectivity index (χ3n) is 2.93. The highest BCUT2D eigenvalue weighted by Gasteiger charge is 2.27. The van der Waals surface area contributed by atoms with E-state index in [1.807, 2.05) is 4.90 Å². The van der Waals surface area contributed by atoms with Crippen LogP contribution in [0, 0.1) is 0 Å². The molecule has 0 spiro atoms. The molecule has 1 aliphatic rings. The van der Waals surface area contributed by atoms with Crippen LogP contribution in [-0.4, -0.2) is 41.6 Å². The molecule has 5 heteroatoms. The molecule has 1 heterocycles. The topological polar surface area (TPSA) is 55.6 Å². The van der Waals surface area contributed by atoms with Crippen molar-refractivity contribution >= 4 is 23.1 Å². The lowest BCUT2D eigenvalue weighted by Crippen LogP contribution is -2.41. The van der Waals surface area contributed by atoms with Gasteiger partial charge in [-0.2, -0.15) is 0 Å². The first-order chi connectivity index (χ1) is 8.15. The molecule has 17 heavy (non-hydrogen) atoms. The van der Waals surface area contributed by atoms with E-state index < -0.39 is 0 Å². The van der Waals surface area contributed by atoms with Gasteiger partial charge in [-0.05, 0) is 19.3 Å². The van der Waals surface area contributed by atoms with Crippen molar-refractivity contribution in [1.82, 2.24) is 4.90 Å². The van der Waals surface area contributed by atoms with Crippen LogP contribution in [0.3, 0.4) is 0 Å². The van der Waals surface area contributed by atoms with Gasteiger partial charge in [-0.3, -0.25) is 4.79 Å². The third-order valence-corrected chi connectivity index (χ3v) is 3.13. The van der Waals surface area contributed by atoms with Gasteiger partial charge in [-0.1, -0.05) is 25.6 Å². The molecular weight excluding hydrogens is 236 g/mol. The second-order valence-corrected chi connectivity index (χ2v) is 4.92. The molecule has 0 saturated carbocycles. The lowest BCUT2D eigenvalue weighted by atomic mass is 10.2. The Kier molecular flexibility index (Phi) is 6.44. The summed E-state index contributed by atoms with van der Waals surface area (Å²) < 4.78 is 5.43. The smallest absolute Gasteiger partial charge is 0.251 e. The van der Waals surface area contributed by atoms with Crippen molar-refractivity contribution in [1.29, 1.82) is 0 Å². The number of rotatable bonds is 7. The predicted octanol–water partition coefficient (Wildman–Crippen LogP) is 1.47. The molecule has 1 unspecified atom stereocenters. The lowest BCUT2D eigenvalue weighted by molar-refractivity contribution is -0.140. The van der Waals surface area contributed by atoms with Crippen LogP contribution in [-0.2, 0) is 9.53 Å². The third kappa shape index (κ3) is 5.00. The molecule has 0 aromatic carbocycles. The normalized spacial score (nSPS) is 19.2. The van der Waals surface area contributed by atoms with E-state index in [9.17, 15) is 4.79 Å². The summed E-state index contributed by atoms with van der Waals surface area (Å²) >= 11 is 4.86. The van der Waals surface area contributed by atoms with Gasteiger partial charge in [0.1, 0.15) is 6.10 Å². The summed E-state index contributed by atoms with van der Waals surface area (Å²) in [5.74, 6) is 0.104. The maximum absolute atomic E-state index is 12.2. The number of thiocarbonyl (C=S) groups is 1. The number of nitrogens with two attached hydrogens (primary N) is 1. The monoisotopic (exact) mass is 258 g/mol. The summed E-state index contributed by atoms with van der Waals surface area (Å²) in [5, 5.41) is 0. The number of carbonyl (C=O) groups is 1. The molecule has 0 radical (unpaired) electrons. The Hall–Kier alpha value is -0.680. The van der Waals surface area contributed by atoms with E-state index in [2.05, 4.69) is 6.92 Å².